The van der Waals surface area contributed by atoms with Crippen LogP contribution in [-0.4, -0.2) is 11.6 Å². The molecule has 0 aromatic rings. The fourth-order valence-corrected chi connectivity index (χ4v) is 3.21. The van der Waals surface area contributed by atoms with Gasteiger partial charge in [-0.05, 0) is 57.8 Å². The Morgan fingerprint density at radius 3 is 1.96 bits per heavy atom. The molecule has 0 spiro atoms. The van der Waals surface area contributed by atoms with E-state index in [1.54, 1.807) is 6.92 Å². The monoisotopic (exact) mass is 336 g/mol. The second-order valence-electron chi connectivity index (χ2n) is 8.29. The molecular formula is C22H40O2. The van der Waals surface area contributed by atoms with E-state index in [0.717, 1.165) is 38.5 Å². The van der Waals surface area contributed by atoms with Crippen molar-refractivity contribution in [1.82, 2.24) is 0 Å². The van der Waals surface area contributed by atoms with Gasteiger partial charge in [0.25, 0.3) is 0 Å². The van der Waals surface area contributed by atoms with Crippen molar-refractivity contribution in [3.05, 3.63) is 11.6 Å². The molecule has 0 amide bonds. The van der Waals surface area contributed by atoms with Crippen LogP contribution in [0.25, 0.3) is 0 Å². The number of hydrogen-bond acceptors (Lipinski definition) is 2. The van der Waals surface area contributed by atoms with Gasteiger partial charge >= 0.3 is 0 Å². The fraction of sp³-hybridized carbons (Fsp3) is 0.818. The first kappa shape index (κ1) is 23.1. The summed E-state index contributed by atoms with van der Waals surface area (Å²) in [5.74, 6) is 2.32. The number of Topliss-reactive ketones (excluding diaryl/α,β-unsaturated/α-hetero) is 2. The molecule has 24 heavy (non-hydrogen) atoms. The summed E-state index contributed by atoms with van der Waals surface area (Å²) < 4.78 is 0. The average molecular weight is 337 g/mol. The van der Waals surface area contributed by atoms with E-state index in [9.17, 15) is 9.59 Å². The van der Waals surface area contributed by atoms with Crippen LogP contribution >= 0.6 is 0 Å². The van der Waals surface area contributed by atoms with Gasteiger partial charge in [-0.2, -0.15) is 0 Å². The van der Waals surface area contributed by atoms with E-state index in [-0.39, 0.29) is 0 Å². The van der Waals surface area contributed by atoms with Crippen LogP contribution in [0.1, 0.15) is 99.3 Å². The minimum Gasteiger partial charge on any atom is -0.300 e. The molecule has 2 heteroatoms. The minimum absolute atomic E-state index is 0.292. The molecule has 0 N–H and O–H groups in total. The molecule has 0 aliphatic rings. The lowest BCUT2D eigenvalue weighted by Gasteiger charge is -2.14. The summed E-state index contributed by atoms with van der Waals surface area (Å²) in [6.45, 7) is 12.5. The summed E-state index contributed by atoms with van der Waals surface area (Å²) >= 11 is 0. The second-order valence-corrected chi connectivity index (χ2v) is 8.29. The third kappa shape index (κ3) is 14.7. The van der Waals surface area contributed by atoms with Crippen LogP contribution in [0.3, 0.4) is 0 Å². The molecule has 0 saturated carbocycles. The first-order valence-corrected chi connectivity index (χ1v) is 9.85. The zero-order valence-electron chi connectivity index (χ0n) is 17.0. The van der Waals surface area contributed by atoms with Crippen molar-refractivity contribution in [3.63, 3.8) is 0 Å². The average Bonchev–Trinajstić information content (AvgIpc) is 2.43. The highest BCUT2D eigenvalue weighted by Crippen LogP contribution is 2.20. The predicted octanol–water partition coefficient (Wildman–Crippen LogP) is 6.53. The lowest BCUT2D eigenvalue weighted by Crippen LogP contribution is -2.08. The Hall–Kier alpha value is -0.920. The highest BCUT2D eigenvalue weighted by molar-refractivity contribution is 5.78. The first-order valence-electron chi connectivity index (χ1n) is 9.85. The van der Waals surface area contributed by atoms with Crippen LogP contribution in [0, 0.1) is 17.8 Å². The zero-order chi connectivity index (χ0) is 18.5. The van der Waals surface area contributed by atoms with Crippen molar-refractivity contribution >= 4 is 11.6 Å². The van der Waals surface area contributed by atoms with Gasteiger partial charge < -0.3 is 4.79 Å². The quantitative estimate of drug-likeness (QED) is 0.338. The van der Waals surface area contributed by atoms with E-state index >= 15 is 0 Å². The molecule has 140 valence electrons. The lowest BCUT2D eigenvalue weighted by molar-refractivity contribution is -0.120. The Balaban J connectivity index is 3.77. The number of carbonyl (C=O) groups excluding carboxylic acids is 2. The first-order chi connectivity index (χ1) is 11.2. The molecule has 0 radical (unpaired) electrons. The normalized spacial score (nSPS) is 14.8. The van der Waals surface area contributed by atoms with Gasteiger partial charge in [0, 0.05) is 19.3 Å². The summed E-state index contributed by atoms with van der Waals surface area (Å²) in [6, 6.07) is 0. The maximum absolute atomic E-state index is 12.1. The number of ketones is 2. The fourth-order valence-electron chi connectivity index (χ4n) is 3.21. The Kier molecular flexibility index (Phi) is 12.9. The van der Waals surface area contributed by atoms with Crippen molar-refractivity contribution in [3.8, 4) is 0 Å². The lowest BCUT2D eigenvalue weighted by atomic mass is 9.91. The molecule has 0 bridgehead atoms. The smallest absolute Gasteiger partial charge is 0.133 e. The van der Waals surface area contributed by atoms with Crippen LogP contribution in [0.4, 0.5) is 0 Å². The highest BCUT2D eigenvalue weighted by atomic mass is 16.1. The standard InChI is InChI=1S/C22H40O2/c1-17(2)9-7-11-20(5)16-22(24)14-13-18(3)10-8-12-19(4)15-21(6)23/h9,18-20H,7-8,10-16H2,1-6H3. The van der Waals surface area contributed by atoms with Gasteiger partial charge in [0.1, 0.15) is 11.6 Å². The van der Waals surface area contributed by atoms with Crippen LogP contribution in [0.2, 0.25) is 0 Å². The third-order valence-electron chi connectivity index (χ3n) is 4.73. The van der Waals surface area contributed by atoms with Crippen molar-refractivity contribution in [2.24, 2.45) is 17.8 Å². The van der Waals surface area contributed by atoms with Crippen molar-refractivity contribution < 1.29 is 9.59 Å². The summed E-state index contributed by atoms with van der Waals surface area (Å²) in [7, 11) is 0. The van der Waals surface area contributed by atoms with E-state index in [1.165, 1.54) is 18.4 Å². The molecule has 0 aliphatic carbocycles. The Morgan fingerprint density at radius 1 is 0.792 bits per heavy atom. The molecule has 0 fully saturated rings. The van der Waals surface area contributed by atoms with Crippen molar-refractivity contribution in [1.29, 1.82) is 0 Å². The molecule has 0 rings (SSSR count). The van der Waals surface area contributed by atoms with Crippen molar-refractivity contribution in [2.45, 2.75) is 99.3 Å². The number of allylic oxidation sites excluding steroid dienone is 2. The van der Waals surface area contributed by atoms with Crippen LogP contribution in [-0.2, 0) is 9.59 Å². The second kappa shape index (κ2) is 13.4. The molecule has 0 aliphatic heterocycles. The molecule has 3 unspecified atom stereocenters. The molecule has 3 atom stereocenters. The number of carbonyl (C=O) groups is 2. The summed E-state index contributed by atoms with van der Waals surface area (Å²) in [5.41, 5.74) is 1.36. The van der Waals surface area contributed by atoms with E-state index in [4.69, 9.17) is 0 Å². The van der Waals surface area contributed by atoms with Crippen LogP contribution < -0.4 is 0 Å². The Labute approximate surface area is 150 Å². The Morgan fingerprint density at radius 2 is 1.38 bits per heavy atom. The van der Waals surface area contributed by atoms with Gasteiger partial charge in [-0.1, -0.05) is 51.7 Å². The maximum atomic E-state index is 12.1. The van der Waals surface area contributed by atoms with Crippen LogP contribution in [0.5, 0.6) is 0 Å². The van der Waals surface area contributed by atoms with Crippen LogP contribution in [0.15, 0.2) is 11.6 Å². The summed E-state index contributed by atoms with van der Waals surface area (Å²) in [6.07, 6.45) is 11.1. The summed E-state index contributed by atoms with van der Waals surface area (Å²) in [5, 5.41) is 0. The predicted molar refractivity (Wildman–Crippen MR) is 104 cm³/mol. The Bertz CT molecular complexity index is 391. The molecule has 2 nitrogen and oxygen atoms in total. The van der Waals surface area contributed by atoms with Gasteiger partial charge in [-0.25, -0.2) is 0 Å². The van der Waals surface area contributed by atoms with E-state index < -0.39 is 0 Å². The van der Waals surface area contributed by atoms with Gasteiger partial charge in [0.15, 0.2) is 0 Å². The molecule has 0 aromatic heterocycles. The SMILES string of the molecule is CC(=O)CC(C)CCCC(C)CCC(=O)CC(C)CCC=C(C)C. The van der Waals surface area contributed by atoms with Gasteiger partial charge in [-0.3, -0.25) is 4.79 Å². The minimum atomic E-state index is 0.292. The van der Waals surface area contributed by atoms with Gasteiger partial charge in [0.2, 0.25) is 0 Å². The number of rotatable bonds is 14. The third-order valence-corrected chi connectivity index (χ3v) is 4.73. The van der Waals surface area contributed by atoms with Gasteiger partial charge in [0.05, 0.1) is 0 Å². The van der Waals surface area contributed by atoms with E-state index in [2.05, 4.69) is 40.7 Å². The van der Waals surface area contributed by atoms with Gasteiger partial charge in [-0.15, -0.1) is 0 Å². The van der Waals surface area contributed by atoms with Crippen molar-refractivity contribution in [2.75, 3.05) is 0 Å². The highest BCUT2D eigenvalue weighted by Gasteiger charge is 2.12. The summed E-state index contributed by atoms with van der Waals surface area (Å²) in [4.78, 5) is 23.2. The van der Waals surface area contributed by atoms with E-state index in [1.807, 2.05) is 0 Å². The largest absolute Gasteiger partial charge is 0.300 e. The van der Waals surface area contributed by atoms with E-state index in [0.29, 0.717) is 35.7 Å². The number of hydrogen-bond donors (Lipinski definition) is 0. The molecule has 0 aromatic carbocycles. The zero-order valence-corrected chi connectivity index (χ0v) is 17.0. The topological polar surface area (TPSA) is 34.1 Å². The molecule has 0 saturated heterocycles. The molecule has 0 heterocycles. The maximum Gasteiger partial charge on any atom is 0.133 e. The molecular weight excluding hydrogens is 296 g/mol.